The van der Waals surface area contributed by atoms with Crippen molar-refractivity contribution in [2.24, 2.45) is 0 Å². The molecule has 13 heavy (non-hydrogen) atoms. The van der Waals surface area contributed by atoms with Crippen molar-refractivity contribution in [3.05, 3.63) is 22.6 Å². The topological polar surface area (TPSA) is 27.3 Å². The van der Waals surface area contributed by atoms with Gasteiger partial charge in [-0.15, -0.1) is 0 Å². The van der Waals surface area contributed by atoms with Gasteiger partial charge in [0.1, 0.15) is 0 Å². The first kappa shape index (κ1) is 10.4. The van der Waals surface area contributed by atoms with E-state index in [1.165, 1.54) is 5.70 Å². The predicted molar refractivity (Wildman–Crippen MR) is 58.9 cm³/mol. The molecule has 0 saturated carbocycles. The van der Waals surface area contributed by atoms with Crippen LogP contribution in [0.2, 0.25) is 0 Å². The maximum absolute atomic E-state index is 3.40. The predicted octanol–water partition coefficient (Wildman–Crippen LogP) is 1.90. The first-order valence-corrected chi connectivity index (χ1v) is 5.30. The van der Waals surface area contributed by atoms with Gasteiger partial charge in [-0.05, 0) is 42.8 Å². The van der Waals surface area contributed by atoms with Gasteiger partial charge >= 0.3 is 0 Å². The summed E-state index contributed by atoms with van der Waals surface area (Å²) in [5, 5.41) is 0. The van der Waals surface area contributed by atoms with Crippen LogP contribution in [0.5, 0.6) is 0 Å². The number of hydrogen-bond acceptors (Lipinski definition) is 3. The van der Waals surface area contributed by atoms with Crippen molar-refractivity contribution in [3.8, 4) is 0 Å². The molecule has 0 aromatic rings. The van der Waals surface area contributed by atoms with Crippen molar-refractivity contribution < 1.29 is 0 Å². The number of rotatable bonds is 3. The van der Waals surface area contributed by atoms with Crippen LogP contribution in [0.1, 0.15) is 20.8 Å². The number of hydrogen-bond donors (Lipinski definition) is 2. The van der Waals surface area contributed by atoms with Crippen LogP contribution in [0.4, 0.5) is 0 Å². The van der Waals surface area contributed by atoms with E-state index < -0.39 is 0 Å². The van der Waals surface area contributed by atoms with Crippen molar-refractivity contribution in [1.82, 2.24) is 15.8 Å². The van der Waals surface area contributed by atoms with Gasteiger partial charge in [-0.2, -0.15) is 0 Å². The van der Waals surface area contributed by atoms with Crippen LogP contribution in [-0.2, 0) is 0 Å². The fourth-order valence-corrected chi connectivity index (χ4v) is 1.75. The molecule has 1 aliphatic heterocycles. The fourth-order valence-electron chi connectivity index (χ4n) is 1.40. The normalized spacial score (nSPS) is 15.8. The maximum Gasteiger partial charge on any atom is 0.0987 e. The Morgan fingerprint density at radius 2 is 2.23 bits per heavy atom. The average Bonchev–Trinajstić information content (AvgIpc) is 2.04. The van der Waals surface area contributed by atoms with Gasteiger partial charge in [0.15, 0.2) is 0 Å². The Hall–Kier alpha value is -0.640. The van der Waals surface area contributed by atoms with Crippen LogP contribution in [-0.4, -0.2) is 17.5 Å². The molecule has 0 unspecified atom stereocenters. The molecule has 0 bridgehead atoms. The van der Waals surface area contributed by atoms with E-state index in [-0.39, 0.29) is 0 Å². The minimum atomic E-state index is 0.521. The van der Waals surface area contributed by atoms with E-state index in [1.54, 1.807) is 0 Å². The zero-order valence-electron chi connectivity index (χ0n) is 8.26. The summed E-state index contributed by atoms with van der Waals surface area (Å²) in [7, 11) is 0. The van der Waals surface area contributed by atoms with Gasteiger partial charge in [-0.3, -0.25) is 5.43 Å². The van der Waals surface area contributed by atoms with E-state index in [0.717, 1.165) is 11.2 Å². The third-order valence-corrected chi connectivity index (χ3v) is 2.41. The highest BCUT2D eigenvalue weighted by Crippen LogP contribution is 2.15. The van der Waals surface area contributed by atoms with Crippen LogP contribution in [0.15, 0.2) is 22.6 Å². The molecule has 4 heteroatoms. The number of nitrogens with zero attached hydrogens (tertiary/aromatic N) is 1. The Kier molecular flexibility index (Phi) is 3.66. The summed E-state index contributed by atoms with van der Waals surface area (Å²) in [6.07, 6.45) is 4.04. The Bertz CT molecular complexity index is 233. The lowest BCUT2D eigenvalue weighted by molar-refractivity contribution is 0.303. The van der Waals surface area contributed by atoms with E-state index in [9.17, 15) is 0 Å². The molecule has 0 radical (unpaired) electrons. The first-order chi connectivity index (χ1) is 6.15. The second-order valence-corrected chi connectivity index (χ2v) is 4.06. The van der Waals surface area contributed by atoms with Crippen LogP contribution in [0, 0.1) is 0 Å². The summed E-state index contributed by atoms with van der Waals surface area (Å²) in [4.78, 5) is 2.31. The standard InChI is InChI=1S/C9H16BrN3/c1-4-13(7(2)3)8-5-9(10)12-11-6-8/h5-7,11-12H,4H2,1-3H3. The van der Waals surface area contributed by atoms with Gasteiger partial charge in [0.25, 0.3) is 0 Å². The minimum absolute atomic E-state index is 0.521. The quantitative estimate of drug-likeness (QED) is 0.745. The van der Waals surface area contributed by atoms with E-state index in [2.05, 4.69) is 58.5 Å². The molecular formula is C9H16BrN3. The molecule has 2 N–H and O–H groups in total. The van der Waals surface area contributed by atoms with Gasteiger partial charge in [-0.25, -0.2) is 0 Å². The second-order valence-electron chi connectivity index (χ2n) is 3.21. The van der Waals surface area contributed by atoms with Crippen molar-refractivity contribution in [1.29, 1.82) is 0 Å². The molecule has 0 fully saturated rings. The highest BCUT2D eigenvalue weighted by molar-refractivity contribution is 9.11. The molecule has 74 valence electrons. The molecule has 0 atom stereocenters. The lowest BCUT2D eigenvalue weighted by Crippen LogP contribution is -2.35. The summed E-state index contributed by atoms with van der Waals surface area (Å²) in [5.41, 5.74) is 7.14. The molecule has 0 aromatic heterocycles. The molecule has 0 saturated heterocycles. The summed E-state index contributed by atoms with van der Waals surface area (Å²) in [5.74, 6) is 0. The molecular weight excluding hydrogens is 230 g/mol. The number of hydrazine groups is 1. The second kappa shape index (κ2) is 4.56. The van der Waals surface area contributed by atoms with Crippen molar-refractivity contribution in [2.75, 3.05) is 6.54 Å². The summed E-state index contributed by atoms with van der Waals surface area (Å²) in [6.45, 7) is 7.55. The van der Waals surface area contributed by atoms with Gasteiger partial charge in [0, 0.05) is 18.8 Å². The Balaban J connectivity index is 2.74. The third kappa shape index (κ3) is 2.66. The average molecular weight is 246 g/mol. The van der Waals surface area contributed by atoms with Gasteiger partial charge in [-0.1, -0.05) is 0 Å². The van der Waals surface area contributed by atoms with Gasteiger partial charge < -0.3 is 10.3 Å². The van der Waals surface area contributed by atoms with Crippen LogP contribution in [0.3, 0.4) is 0 Å². The Labute approximate surface area is 88.0 Å². The lowest BCUT2D eigenvalue weighted by atomic mass is 10.2. The smallest absolute Gasteiger partial charge is 0.0987 e. The fraction of sp³-hybridized carbons (Fsp3) is 0.556. The largest absolute Gasteiger partial charge is 0.368 e. The zero-order valence-corrected chi connectivity index (χ0v) is 9.85. The monoisotopic (exact) mass is 245 g/mol. The molecule has 1 rings (SSSR count). The highest BCUT2D eigenvalue weighted by Gasteiger charge is 2.11. The molecule has 0 spiro atoms. The van der Waals surface area contributed by atoms with Crippen molar-refractivity contribution in [3.63, 3.8) is 0 Å². The zero-order chi connectivity index (χ0) is 9.84. The number of nitrogens with one attached hydrogen (secondary N) is 2. The van der Waals surface area contributed by atoms with Gasteiger partial charge in [0.2, 0.25) is 0 Å². The summed E-state index contributed by atoms with van der Waals surface area (Å²) < 4.78 is 0.962. The molecule has 0 aromatic carbocycles. The first-order valence-electron chi connectivity index (χ1n) is 4.50. The number of allylic oxidation sites excluding steroid dienone is 1. The lowest BCUT2D eigenvalue weighted by Gasteiger charge is -2.30. The van der Waals surface area contributed by atoms with Crippen molar-refractivity contribution in [2.45, 2.75) is 26.8 Å². The minimum Gasteiger partial charge on any atom is -0.368 e. The summed E-state index contributed by atoms with van der Waals surface area (Å²) in [6, 6.07) is 0.521. The highest BCUT2D eigenvalue weighted by atomic mass is 79.9. The Morgan fingerprint density at radius 3 is 2.69 bits per heavy atom. The van der Waals surface area contributed by atoms with Crippen LogP contribution >= 0.6 is 15.9 Å². The molecule has 1 heterocycles. The Morgan fingerprint density at radius 1 is 1.54 bits per heavy atom. The number of likely N-dealkylation sites (N-methyl/N-ethyl adjacent to an activating group) is 1. The van der Waals surface area contributed by atoms with E-state index in [4.69, 9.17) is 0 Å². The third-order valence-electron chi connectivity index (χ3n) is 1.98. The van der Waals surface area contributed by atoms with Gasteiger partial charge in [0.05, 0.1) is 10.3 Å². The van der Waals surface area contributed by atoms with E-state index >= 15 is 0 Å². The maximum atomic E-state index is 3.40. The van der Waals surface area contributed by atoms with E-state index in [1.807, 2.05) is 6.20 Å². The van der Waals surface area contributed by atoms with E-state index in [0.29, 0.717) is 6.04 Å². The van der Waals surface area contributed by atoms with Crippen LogP contribution < -0.4 is 10.9 Å². The molecule has 3 nitrogen and oxygen atoms in total. The summed E-state index contributed by atoms with van der Waals surface area (Å²) >= 11 is 3.40. The molecule has 0 amide bonds. The molecule has 0 aliphatic carbocycles. The SMILES string of the molecule is CCN(C1=CNNC(Br)=C1)C(C)C. The van der Waals surface area contributed by atoms with Crippen molar-refractivity contribution >= 4 is 15.9 Å². The number of halogens is 1. The van der Waals surface area contributed by atoms with Crippen LogP contribution in [0.25, 0.3) is 0 Å². The molecule has 1 aliphatic rings.